The zero-order valence-electron chi connectivity index (χ0n) is 4.65. The topological polar surface area (TPSA) is 40.1 Å². The van der Waals surface area contributed by atoms with E-state index in [2.05, 4.69) is 5.32 Å². The molecule has 1 fully saturated rings. The van der Waals surface area contributed by atoms with Gasteiger partial charge in [0.2, 0.25) is 0 Å². The summed E-state index contributed by atoms with van der Waals surface area (Å²) in [5.41, 5.74) is 5.80. The zero-order chi connectivity index (χ0) is 5.33. The summed E-state index contributed by atoms with van der Waals surface area (Å²) in [5.74, 6) is 0. The Morgan fingerprint density at radius 2 is 2.29 bits per heavy atom. The SMILES string of the molecule is C[N]CC1(N)CC1. The molecule has 0 aromatic rings. The molecule has 2 N–H and O–H groups in total. The van der Waals surface area contributed by atoms with Crippen molar-refractivity contribution in [2.75, 3.05) is 13.6 Å². The number of hydrogen-bond acceptors (Lipinski definition) is 1. The van der Waals surface area contributed by atoms with E-state index >= 15 is 0 Å². The summed E-state index contributed by atoms with van der Waals surface area (Å²) in [6.07, 6.45) is 2.34. The Morgan fingerprint density at radius 1 is 1.71 bits per heavy atom. The van der Waals surface area contributed by atoms with Gasteiger partial charge in [-0.15, -0.1) is 0 Å². The second-order valence-electron chi connectivity index (χ2n) is 2.34. The molecule has 0 spiro atoms. The Bertz CT molecular complexity index is 66.5. The number of rotatable bonds is 2. The molecule has 0 amide bonds. The maximum atomic E-state index is 5.66. The first-order valence-electron chi connectivity index (χ1n) is 2.61. The van der Waals surface area contributed by atoms with E-state index in [4.69, 9.17) is 5.73 Å². The van der Waals surface area contributed by atoms with Gasteiger partial charge < -0.3 is 5.73 Å². The van der Waals surface area contributed by atoms with Crippen molar-refractivity contribution in [1.29, 1.82) is 0 Å². The Morgan fingerprint density at radius 3 is 2.43 bits per heavy atom. The fourth-order valence-corrected chi connectivity index (χ4v) is 0.634. The third kappa shape index (κ3) is 1.14. The highest BCUT2D eigenvalue weighted by Gasteiger charge is 2.37. The molecule has 0 bridgehead atoms. The van der Waals surface area contributed by atoms with Crippen LogP contribution in [0.4, 0.5) is 0 Å². The molecule has 0 aromatic heterocycles. The van der Waals surface area contributed by atoms with E-state index in [0.717, 1.165) is 6.54 Å². The normalized spacial score (nSPS) is 24.9. The van der Waals surface area contributed by atoms with Crippen LogP contribution in [0.25, 0.3) is 0 Å². The lowest BCUT2D eigenvalue weighted by Gasteiger charge is -2.02. The minimum Gasteiger partial charge on any atom is -0.324 e. The first kappa shape index (κ1) is 5.06. The summed E-state index contributed by atoms with van der Waals surface area (Å²) >= 11 is 0. The van der Waals surface area contributed by atoms with Crippen molar-refractivity contribution in [2.24, 2.45) is 5.73 Å². The van der Waals surface area contributed by atoms with Crippen LogP contribution in [-0.2, 0) is 0 Å². The smallest absolute Gasteiger partial charge is 0.0310 e. The van der Waals surface area contributed by atoms with Crippen LogP contribution in [0.3, 0.4) is 0 Å². The van der Waals surface area contributed by atoms with Gasteiger partial charge in [0, 0.05) is 19.1 Å². The molecule has 1 saturated carbocycles. The van der Waals surface area contributed by atoms with Crippen molar-refractivity contribution in [3.8, 4) is 0 Å². The van der Waals surface area contributed by atoms with Crippen molar-refractivity contribution in [1.82, 2.24) is 5.32 Å². The highest BCUT2D eigenvalue weighted by atomic mass is 14.9. The van der Waals surface area contributed by atoms with Crippen LogP contribution in [0.2, 0.25) is 0 Å². The van der Waals surface area contributed by atoms with Gasteiger partial charge in [0.05, 0.1) is 0 Å². The van der Waals surface area contributed by atoms with Crippen molar-refractivity contribution in [3.63, 3.8) is 0 Å². The summed E-state index contributed by atoms with van der Waals surface area (Å²) < 4.78 is 0. The summed E-state index contributed by atoms with van der Waals surface area (Å²) in [6, 6.07) is 0. The summed E-state index contributed by atoms with van der Waals surface area (Å²) in [6.45, 7) is 0.854. The molecule has 2 nitrogen and oxygen atoms in total. The van der Waals surface area contributed by atoms with Crippen LogP contribution in [-0.4, -0.2) is 19.1 Å². The summed E-state index contributed by atoms with van der Waals surface area (Å²) in [5, 5.41) is 3.94. The lowest BCUT2D eigenvalue weighted by Crippen LogP contribution is -2.30. The number of likely N-dealkylation sites (N-methyl/N-ethyl adjacent to an activating group) is 1. The fourth-order valence-electron chi connectivity index (χ4n) is 0.634. The van der Waals surface area contributed by atoms with Gasteiger partial charge in [-0.3, -0.25) is 0 Å². The van der Waals surface area contributed by atoms with Crippen LogP contribution >= 0.6 is 0 Å². The van der Waals surface area contributed by atoms with Gasteiger partial charge in [-0.05, 0) is 12.8 Å². The maximum Gasteiger partial charge on any atom is 0.0310 e. The standard InChI is InChI=1S/C5H11N2/c1-7-4-5(6)2-3-5/h2-4,6H2,1H3. The second kappa shape index (κ2) is 1.46. The van der Waals surface area contributed by atoms with Crippen LogP contribution in [0.15, 0.2) is 0 Å². The lowest BCUT2D eigenvalue weighted by atomic mass is 10.3. The first-order chi connectivity index (χ1) is 3.27. The number of nitrogens with zero attached hydrogens (tertiary/aromatic N) is 1. The molecule has 1 aliphatic rings. The molecule has 0 aliphatic heterocycles. The molecule has 0 unspecified atom stereocenters. The molecule has 41 valence electrons. The molecule has 1 rings (SSSR count). The highest BCUT2D eigenvalue weighted by Crippen LogP contribution is 2.30. The molecule has 0 heterocycles. The predicted octanol–water partition coefficient (Wildman–Crippen LogP) is -0.288. The van der Waals surface area contributed by atoms with E-state index in [-0.39, 0.29) is 5.54 Å². The first-order valence-corrected chi connectivity index (χ1v) is 2.61. The van der Waals surface area contributed by atoms with Crippen molar-refractivity contribution >= 4 is 0 Å². The monoisotopic (exact) mass is 99.1 g/mol. The predicted molar refractivity (Wildman–Crippen MR) is 29.1 cm³/mol. The molecule has 1 radical (unpaired) electrons. The van der Waals surface area contributed by atoms with Crippen molar-refractivity contribution in [3.05, 3.63) is 0 Å². The molecular weight excluding hydrogens is 88.1 g/mol. The van der Waals surface area contributed by atoms with Gasteiger partial charge in [-0.1, -0.05) is 0 Å². The average Bonchev–Trinajstić information content (AvgIpc) is 2.22. The summed E-state index contributed by atoms with van der Waals surface area (Å²) in [7, 11) is 1.81. The lowest BCUT2D eigenvalue weighted by molar-refractivity contribution is 0.608. The fraction of sp³-hybridized carbons (Fsp3) is 1.00. The molecule has 0 aromatic carbocycles. The van der Waals surface area contributed by atoms with Gasteiger partial charge in [0.15, 0.2) is 0 Å². The van der Waals surface area contributed by atoms with Crippen molar-refractivity contribution in [2.45, 2.75) is 18.4 Å². The van der Waals surface area contributed by atoms with Crippen LogP contribution in [0, 0.1) is 0 Å². The zero-order valence-corrected chi connectivity index (χ0v) is 4.65. The molecule has 1 aliphatic carbocycles. The van der Waals surface area contributed by atoms with Gasteiger partial charge in [0.25, 0.3) is 0 Å². The highest BCUT2D eigenvalue weighted by molar-refractivity contribution is 4.99. The van der Waals surface area contributed by atoms with E-state index < -0.39 is 0 Å². The molecule has 2 heteroatoms. The molecule has 0 saturated heterocycles. The minimum absolute atomic E-state index is 0.134. The van der Waals surface area contributed by atoms with E-state index in [9.17, 15) is 0 Å². The molecule has 0 atom stereocenters. The van der Waals surface area contributed by atoms with E-state index in [1.54, 1.807) is 0 Å². The quantitative estimate of drug-likeness (QED) is 0.508. The van der Waals surface area contributed by atoms with Gasteiger partial charge in [0.1, 0.15) is 0 Å². The van der Waals surface area contributed by atoms with Gasteiger partial charge >= 0.3 is 0 Å². The number of hydrogen-bond donors (Lipinski definition) is 1. The van der Waals surface area contributed by atoms with Gasteiger partial charge in [-0.25, -0.2) is 5.32 Å². The third-order valence-corrected chi connectivity index (χ3v) is 1.37. The van der Waals surface area contributed by atoms with Crippen molar-refractivity contribution < 1.29 is 0 Å². The van der Waals surface area contributed by atoms with Crippen LogP contribution in [0.1, 0.15) is 12.8 Å². The Labute approximate surface area is 44.1 Å². The molecular formula is C5H11N2. The Kier molecular flexibility index (Phi) is 1.05. The molecule has 7 heavy (non-hydrogen) atoms. The maximum absolute atomic E-state index is 5.66. The average molecular weight is 99.2 g/mol. The van der Waals surface area contributed by atoms with E-state index in [0.29, 0.717) is 0 Å². The van der Waals surface area contributed by atoms with E-state index in [1.165, 1.54) is 12.8 Å². The van der Waals surface area contributed by atoms with Crippen LogP contribution in [0.5, 0.6) is 0 Å². The minimum atomic E-state index is 0.134. The van der Waals surface area contributed by atoms with Crippen LogP contribution < -0.4 is 11.1 Å². The number of nitrogens with two attached hydrogens (primary N) is 1. The summed E-state index contributed by atoms with van der Waals surface area (Å²) in [4.78, 5) is 0. The Balaban J connectivity index is 2.13. The largest absolute Gasteiger partial charge is 0.324 e. The van der Waals surface area contributed by atoms with E-state index in [1.807, 2.05) is 7.05 Å². The second-order valence-corrected chi connectivity index (χ2v) is 2.34. The Hall–Kier alpha value is -0.0800. The van der Waals surface area contributed by atoms with Gasteiger partial charge in [-0.2, -0.15) is 0 Å². The third-order valence-electron chi connectivity index (χ3n) is 1.37.